The van der Waals surface area contributed by atoms with Crippen LogP contribution in [0, 0.1) is 0 Å². The highest BCUT2D eigenvalue weighted by Gasteiger charge is 2.32. The third-order valence-corrected chi connectivity index (χ3v) is 5.00. The van der Waals surface area contributed by atoms with E-state index >= 15 is 0 Å². The molecule has 1 aliphatic heterocycles. The fourth-order valence-corrected chi connectivity index (χ4v) is 3.61. The molecule has 0 saturated heterocycles. The van der Waals surface area contributed by atoms with E-state index in [2.05, 4.69) is 25.5 Å². The first-order valence-electron chi connectivity index (χ1n) is 9.30. The number of carbonyl (C=O) groups excluding carboxylic acids is 1. The highest BCUT2D eigenvalue weighted by molar-refractivity contribution is 6.30. The van der Waals surface area contributed by atoms with Gasteiger partial charge in [0.2, 0.25) is 0 Å². The van der Waals surface area contributed by atoms with Crippen molar-refractivity contribution in [3.05, 3.63) is 52.6 Å². The summed E-state index contributed by atoms with van der Waals surface area (Å²) >= 11 is 6.10. The summed E-state index contributed by atoms with van der Waals surface area (Å²) in [6.45, 7) is 3.12. The van der Waals surface area contributed by atoms with Crippen molar-refractivity contribution in [2.45, 2.75) is 26.4 Å². The average molecular weight is 428 g/mol. The van der Waals surface area contributed by atoms with Crippen LogP contribution >= 0.6 is 11.6 Å². The largest absolute Gasteiger partial charge is 0.465 e. The number of nitrogens with one attached hydrogen (secondary N) is 1. The van der Waals surface area contributed by atoms with Crippen molar-refractivity contribution in [1.82, 2.24) is 30.0 Å². The van der Waals surface area contributed by atoms with Gasteiger partial charge >= 0.3 is 6.09 Å². The van der Waals surface area contributed by atoms with E-state index in [1.54, 1.807) is 17.3 Å². The lowest BCUT2D eigenvalue weighted by molar-refractivity contribution is 0.0996. The highest BCUT2D eigenvalue weighted by atomic mass is 35.5. The minimum Gasteiger partial charge on any atom is -0.465 e. The Morgan fingerprint density at radius 2 is 2.17 bits per heavy atom. The van der Waals surface area contributed by atoms with Crippen LogP contribution in [0.25, 0.3) is 11.5 Å². The second-order valence-corrected chi connectivity index (χ2v) is 7.00. The molecule has 30 heavy (non-hydrogen) atoms. The number of rotatable bonds is 6. The maximum absolute atomic E-state index is 13.1. The molecule has 1 aliphatic rings. The van der Waals surface area contributed by atoms with Crippen LogP contribution in [-0.4, -0.2) is 48.4 Å². The number of hydrogen-bond acceptors (Lipinski definition) is 6. The number of hydrogen-bond donors (Lipinski definition) is 2. The van der Waals surface area contributed by atoms with Gasteiger partial charge in [0.15, 0.2) is 5.82 Å². The number of anilines is 1. The topological polar surface area (TPSA) is 126 Å². The van der Waals surface area contributed by atoms with Crippen molar-refractivity contribution in [1.29, 1.82) is 0 Å². The van der Waals surface area contributed by atoms with E-state index in [0.29, 0.717) is 41.6 Å². The molecule has 11 heteroatoms. The number of aromatic nitrogens is 5. The number of carboxylic acid groups (broad SMARTS) is 1. The molecule has 0 fully saturated rings. The molecule has 0 atom stereocenters. The summed E-state index contributed by atoms with van der Waals surface area (Å²) < 4.78 is 1.86. The fraction of sp³-hybridized carbons (Fsp3) is 0.263. The average Bonchev–Trinajstić information content (AvgIpc) is 3.33. The van der Waals surface area contributed by atoms with Gasteiger partial charge in [-0.25, -0.2) is 14.8 Å². The Morgan fingerprint density at radius 1 is 1.33 bits per heavy atom. The van der Waals surface area contributed by atoms with Crippen molar-refractivity contribution in [3.63, 3.8) is 0 Å². The first kappa shape index (κ1) is 19.8. The zero-order valence-corrected chi connectivity index (χ0v) is 16.8. The van der Waals surface area contributed by atoms with Crippen LogP contribution in [0.15, 0.2) is 30.6 Å². The molecule has 0 saturated carbocycles. The van der Waals surface area contributed by atoms with Crippen molar-refractivity contribution < 1.29 is 14.7 Å². The standard InChI is InChI=1S/C19H18ClN7O3/c1-2-26-10-22-25-17(26)14-4-3-5-16(24-14)27-9-12-11(18(27)28)8-15(20)23-13(12)6-7-21-19(29)30/h3-5,8,10,21H,2,6-7,9H2,1H3,(H,29,30). The highest BCUT2D eigenvalue weighted by Crippen LogP contribution is 2.31. The predicted molar refractivity (Wildman–Crippen MR) is 108 cm³/mol. The van der Waals surface area contributed by atoms with E-state index in [0.717, 1.165) is 5.56 Å². The van der Waals surface area contributed by atoms with E-state index in [1.807, 2.05) is 23.6 Å². The third-order valence-electron chi connectivity index (χ3n) is 4.80. The smallest absolute Gasteiger partial charge is 0.404 e. The molecule has 4 rings (SSSR count). The Morgan fingerprint density at radius 3 is 2.93 bits per heavy atom. The Hall–Kier alpha value is -3.53. The molecule has 10 nitrogen and oxygen atoms in total. The molecule has 0 spiro atoms. The third kappa shape index (κ3) is 3.69. The predicted octanol–water partition coefficient (Wildman–Crippen LogP) is 2.38. The molecule has 2 N–H and O–H groups in total. The minimum atomic E-state index is -1.12. The SMILES string of the molecule is CCn1cnnc1-c1cccc(N2Cc3c(cc(Cl)nc3CCNC(=O)O)C2=O)n1. The van der Waals surface area contributed by atoms with Crippen LogP contribution in [0.2, 0.25) is 5.15 Å². The lowest BCUT2D eigenvalue weighted by Gasteiger charge is -2.15. The van der Waals surface area contributed by atoms with Gasteiger partial charge in [-0.3, -0.25) is 9.69 Å². The number of amides is 2. The van der Waals surface area contributed by atoms with Crippen molar-refractivity contribution >= 4 is 29.4 Å². The zero-order valence-electron chi connectivity index (χ0n) is 16.0. The number of carbonyl (C=O) groups is 2. The van der Waals surface area contributed by atoms with Crippen LogP contribution in [0.5, 0.6) is 0 Å². The molecule has 0 bridgehead atoms. The van der Waals surface area contributed by atoms with E-state index in [-0.39, 0.29) is 24.1 Å². The molecule has 0 radical (unpaired) electrons. The summed E-state index contributed by atoms with van der Waals surface area (Å²) in [6.07, 6.45) is 0.835. The second-order valence-electron chi connectivity index (χ2n) is 6.61. The Balaban J connectivity index is 1.65. The first-order valence-corrected chi connectivity index (χ1v) is 9.68. The van der Waals surface area contributed by atoms with Crippen LogP contribution < -0.4 is 10.2 Å². The summed E-state index contributed by atoms with van der Waals surface area (Å²) in [6, 6.07) is 6.91. The summed E-state index contributed by atoms with van der Waals surface area (Å²) in [5, 5.41) is 19.3. The number of aryl methyl sites for hydroxylation is 1. The first-order chi connectivity index (χ1) is 14.5. The summed E-state index contributed by atoms with van der Waals surface area (Å²) in [5.41, 5.74) is 2.37. The number of nitrogens with zero attached hydrogens (tertiary/aromatic N) is 6. The number of pyridine rings is 2. The maximum Gasteiger partial charge on any atom is 0.404 e. The van der Waals surface area contributed by atoms with Crippen LogP contribution in [0.4, 0.5) is 10.6 Å². The Kier molecular flexibility index (Phi) is 5.32. The molecule has 3 aromatic heterocycles. The van der Waals surface area contributed by atoms with E-state index < -0.39 is 6.09 Å². The Bertz CT molecular complexity index is 1130. The van der Waals surface area contributed by atoms with Crippen molar-refractivity contribution in [3.8, 4) is 11.5 Å². The molecule has 0 unspecified atom stereocenters. The van der Waals surface area contributed by atoms with Gasteiger partial charge in [0.25, 0.3) is 5.91 Å². The number of halogens is 1. The molecular weight excluding hydrogens is 410 g/mol. The molecule has 154 valence electrons. The van der Waals surface area contributed by atoms with Gasteiger partial charge in [0.1, 0.15) is 23.0 Å². The van der Waals surface area contributed by atoms with Crippen molar-refractivity contribution in [2.24, 2.45) is 0 Å². The lowest BCUT2D eigenvalue weighted by atomic mass is 10.1. The van der Waals surface area contributed by atoms with Gasteiger partial charge in [-0.15, -0.1) is 10.2 Å². The summed E-state index contributed by atoms with van der Waals surface area (Å²) in [7, 11) is 0. The Labute approximate surface area is 176 Å². The molecule has 4 heterocycles. The van der Waals surface area contributed by atoms with E-state index in [9.17, 15) is 9.59 Å². The maximum atomic E-state index is 13.1. The fourth-order valence-electron chi connectivity index (χ4n) is 3.40. The lowest BCUT2D eigenvalue weighted by Crippen LogP contribution is -2.24. The molecular formula is C19H18ClN7O3. The second kappa shape index (κ2) is 8.07. The van der Waals surface area contributed by atoms with Crippen LogP contribution in [-0.2, 0) is 19.5 Å². The van der Waals surface area contributed by atoms with Gasteiger partial charge in [-0.05, 0) is 25.1 Å². The number of fused-ring (bicyclic) bond motifs is 1. The van der Waals surface area contributed by atoms with E-state index in [1.165, 1.54) is 6.07 Å². The van der Waals surface area contributed by atoms with Crippen LogP contribution in [0.3, 0.4) is 0 Å². The quantitative estimate of drug-likeness (QED) is 0.578. The molecule has 2 amide bonds. The van der Waals surface area contributed by atoms with Gasteiger partial charge in [0.05, 0.1) is 6.54 Å². The zero-order chi connectivity index (χ0) is 21.3. The molecule has 0 aliphatic carbocycles. The van der Waals surface area contributed by atoms with Gasteiger partial charge in [-0.2, -0.15) is 0 Å². The summed E-state index contributed by atoms with van der Waals surface area (Å²) in [4.78, 5) is 34.2. The van der Waals surface area contributed by atoms with Crippen LogP contribution in [0.1, 0.15) is 28.5 Å². The minimum absolute atomic E-state index is 0.170. The van der Waals surface area contributed by atoms with Gasteiger partial charge in [-0.1, -0.05) is 17.7 Å². The van der Waals surface area contributed by atoms with Crippen molar-refractivity contribution in [2.75, 3.05) is 11.4 Å². The van der Waals surface area contributed by atoms with Gasteiger partial charge in [0, 0.05) is 36.3 Å². The molecule has 3 aromatic rings. The van der Waals surface area contributed by atoms with E-state index in [4.69, 9.17) is 16.7 Å². The monoisotopic (exact) mass is 427 g/mol. The van der Waals surface area contributed by atoms with Gasteiger partial charge < -0.3 is 15.0 Å². The summed E-state index contributed by atoms with van der Waals surface area (Å²) in [5.74, 6) is 0.863. The normalized spacial score (nSPS) is 12.9. The molecule has 0 aromatic carbocycles.